The zero-order chi connectivity index (χ0) is 18.2. The van der Waals surface area contributed by atoms with Crippen LogP contribution in [-0.2, 0) is 6.54 Å². The lowest BCUT2D eigenvalue weighted by molar-refractivity contribution is 0.510. The van der Waals surface area contributed by atoms with Crippen LogP contribution < -0.4 is 10.6 Å². The van der Waals surface area contributed by atoms with Crippen molar-refractivity contribution in [3.8, 4) is 0 Å². The Bertz CT molecular complexity index is 793. The van der Waals surface area contributed by atoms with Gasteiger partial charge in [-0.15, -0.1) is 0 Å². The smallest absolute Gasteiger partial charge is 0.191 e. The molecule has 0 fully saturated rings. The molecule has 7 heteroatoms. The number of hydrogen-bond acceptors (Lipinski definition) is 2. The zero-order valence-electron chi connectivity index (χ0n) is 14.7. The van der Waals surface area contributed by atoms with Gasteiger partial charge in [0.1, 0.15) is 0 Å². The molecule has 0 aliphatic rings. The molecule has 3 rings (SSSR count). The molecule has 0 saturated heterocycles. The van der Waals surface area contributed by atoms with Crippen molar-refractivity contribution in [2.75, 3.05) is 20.1 Å². The van der Waals surface area contributed by atoms with E-state index in [2.05, 4.69) is 25.3 Å². The van der Waals surface area contributed by atoms with Gasteiger partial charge in [0, 0.05) is 56.5 Å². The number of benzene rings is 1. The van der Waals surface area contributed by atoms with E-state index in [9.17, 15) is 0 Å². The maximum atomic E-state index is 6.02. The van der Waals surface area contributed by atoms with Crippen molar-refractivity contribution in [2.24, 2.45) is 4.99 Å². The fourth-order valence-corrected chi connectivity index (χ4v) is 2.88. The molecule has 1 aromatic carbocycles. The van der Waals surface area contributed by atoms with Gasteiger partial charge < -0.3 is 15.2 Å². The molecule has 26 heavy (non-hydrogen) atoms. The van der Waals surface area contributed by atoms with Crippen molar-refractivity contribution in [3.05, 3.63) is 77.8 Å². The Morgan fingerprint density at radius 1 is 1.12 bits per heavy atom. The average Bonchev–Trinajstić information content (AvgIpc) is 3.36. The van der Waals surface area contributed by atoms with Gasteiger partial charge >= 0.3 is 0 Å². The number of guanidine groups is 1. The minimum atomic E-state index is 0.0465. The van der Waals surface area contributed by atoms with Gasteiger partial charge in [-0.05, 0) is 35.9 Å². The maximum absolute atomic E-state index is 6.02. The molecule has 1 unspecified atom stereocenters. The summed E-state index contributed by atoms with van der Waals surface area (Å²) in [4.78, 5) is 4.30. The number of nitrogens with one attached hydrogen (secondary N) is 2. The first-order chi connectivity index (χ1) is 12.8. The van der Waals surface area contributed by atoms with Crippen LogP contribution in [-0.4, -0.2) is 40.4 Å². The molecule has 136 valence electrons. The Balaban J connectivity index is 1.60. The lowest BCUT2D eigenvalue weighted by Gasteiger charge is -2.21. The van der Waals surface area contributed by atoms with Gasteiger partial charge in [0.2, 0.25) is 0 Å². The molecule has 1 atom stereocenters. The van der Waals surface area contributed by atoms with Crippen molar-refractivity contribution in [2.45, 2.75) is 12.6 Å². The van der Waals surface area contributed by atoms with Crippen LogP contribution >= 0.6 is 11.6 Å². The van der Waals surface area contributed by atoms with E-state index < -0.39 is 0 Å². The number of nitrogens with zero attached hydrogens (tertiary/aromatic N) is 4. The van der Waals surface area contributed by atoms with E-state index in [0.29, 0.717) is 6.54 Å². The highest BCUT2D eigenvalue weighted by Crippen LogP contribution is 2.19. The second kappa shape index (κ2) is 9.10. The summed E-state index contributed by atoms with van der Waals surface area (Å²) in [6, 6.07) is 13.9. The van der Waals surface area contributed by atoms with Crippen LogP contribution in [0.4, 0.5) is 0 Å². The minimum Gasteiger partial charge on any atom is -0.355 e. The Labute approximate surface area is 158 Å². The van der Waals surface area contributed by atoms with Crippen LogP contribution in [0.3, 0.4) is 0 Å². The first kappa shape index (κ1) is 18.1. The van der Waals surface area contributed by atoms with Gasteiger partial charge in [-0.25, -0.2) is 0 Å². The van der Waals surface area contributed by atoms with E-state index in [4.69, 9.17) is 11.6 Å². The largest absolute Gasteiger partial charge is 0.355 e. The van der Waals surface area contributed by atoms with Crippen LogP contribution in [0.2, 0.25) is 5.02 Å². The summed E-state index contributed by atoms with van der Waals surface area (Å²) in [7, 11) is 1.77. The summed E-state index contributed by atoms with van der Waals surface area (Å²) < 4.78 is 4.06. The van der Waals surface area contributed by atoms with E-state index in [-0.39, 0.29) is 6.04 Å². The Morgan fingerprint density at radius 3 is 2.54 bits per heavy atom. The third-order valence-corrected chi connectivity index (χ3v) is 4.37. The number of aromatic nitrogens is 3. The Morgan fingerprint density at radius 2 is 1.88 bits per heavy atom. The van der Waals surface area contributed by atoms with Crippen LogP contribution in [0.25, 0.3) is 0 Å². The Hall–Kier alpha value is -2.73. The molecule has 0 bridgehead atoms. The summed E-state index contributed by atoms with van der Waals surface area (Å²) in [5.41, 5.74) is 1.13. The van der Waals surface area contributed by atoms with Crippen molar-refractivity contribution in [1.82, 2.24) is 25.0 Å². The number of aliphatic imine (C=N–C) groups is 1. The standard InChI is InChI=1S/C19H23ClN6/c1-21-19(22-10-14-25-11-2-3-12-25)23-15-18(26-13-4-9-24-26)16-5-7-17(20)8-6-16/h2-9,11-13,18H,10,14-15H2,1H3,(H2,21,22,23). The number of rotatable bonds is 7. The zero-order valence-corrected chi connectivity index (χ0v) is 15.5. The van der Waals surface area contributed by atoms with Crippen LogP contribution in [0.15, 0.2) is 72.2 Å². The third-order valence-electron chi connectivity index (χ3n) is 4.11. The normalized spacial score (nSPS) is 12.8. The molecular weight excluding hydrogens is 348 g/mol. The van der Waals surface area contributed by atoms with Gasteiger partial charge in [-0.3, -0.25) is 9.67 Å². The first-order valence-electron chi connectivity index (χ1n) is 8.56. The lowest BCUT2D eigenvalue weighted by Crippen LogP contribution is -2.41. The molecular formula is C19H23ClN6. The van der Waals surface area contributed by atoms with Crippen molar-refractivity contribution in [3.63, 3.8) is 0 Å². The van der Waals surface area contributed by atoms with Gasteiger partial charge in [0.25, 0.3) is 0 Å². The highest BCUT2D eigenvalue weighted by Gasteiger charge is 2.14. The maximum Gasteiger partial charge on any atom is 0.191 e. The highest BCUT2D eigenvalue weighted by molar-refractivity contribution is 6.30. The first-order valence-corrected chi connectivity index (χ1v) is 8.94. The van der Waals surface area contributed by atoms with E-state index in [1.165, 1.54) is 0 Å². The van der Waals surface area contributed by atoms with Gasteiger partial charge in [0.05, 0.1) is 6.04 Å². The van der Waals surface area contributed by atoms with Crippen LogP contribution in [0, 0.1) is 0 Å². The fraction of sp³-hybridized carbons (Fsp3) is 0.263. The summed E-state index contributed by atoms with van der Waals surface area (Å²) >= 11 is 6.02. The SMILES string of the molecule is CN=C(NCCn1cccc1)NCC(c1ccc(Cl)cc1)n1cccn1. The molecule has 2 heterocycles. The van der Waals surface area contributed by atoms with Crippen LogP contribution in [0.5, 0.6) is 0 Å². The number of halogens is 1. The van der Waals surface area contributed by atoms with Crippen molar-refractivity contribution < 1.29 is 0 Å². The molecule has 0 amide bonds. The number of hydrogen-bond donors (Lipinski definition) is 2. The van der Waals surface area contributed by atoms with E-state index in [1.54, 1.807) is 13.2 Å². The molecule has 0 aliphatic carbocycles. The molecule has 0 radical (unpaired) electrons. The van der Waals surface area contributed by atoms with Crippen molar-refractivity contribution in [1.29, 1.82) is 0 Å². The minimum absolute atomic E-state index is 0.0465. The second-order valence-electron chi connectivity index (χ2n) is 5.85. The predicted octanol–water partition coefficient (Wildman–Crippen LogP) is 2.79. The summed E-state index contributed by atoms with van der Waals surface area (Å²) in [6.07, 6.45) is 7.84. The monoisotopic (exact) mass is 370 g/mol. The molecule has 0 spiro atoms. The topological polar surface area (TPSA) is 59.2 Å². The third kappa shape index (κ3) is 4.89. The van der Waals surface area contributed by atoms with Gasteiger partial charge in [-0.2, -0.15) is 5.10 Å². The highest BCUT2D eigenvalue weighted by atomic mass is 35.5. The molecule has 0 saturated carbocycles. The molecule has 6 nitrogen and oxygen atoms in total. The lowest BCUT2D eigenvalue weighted by atomic mass is 10.1. The average molecular weight is 371 g/mol. The predicted molar refractivity (Wildman–Crippen MR) is 106 cm³/mol. The van der Waals surface area contributed by atoms with E-state index >= 15 is 0 Å². The van der Waals surface area contributed by atoms with Crippen molar-refractivity contribution >= 4 is 17.6 Å². The molecule has 2 N–H and O–H groups in total. The fourth-order valence-electron chi connectivity index (χ4n) is 2.75. The van der Waals surface area contributed by atoms with Crippen LogP contribution in [0.1, 0.15) is 11.6 Å². The second-order valence-corrected chi connectivity index (χ2v) is 6.29. The summed E-state index contributed by atoms with van der Waals surface area (Å²) in [5.74, 6) is 0.767. The molecule has 0 aliphatic heterocycles. The molecule has 3 aromatic rings. The van der Waals surface area contributed by atoms with Gasteiger partial charge in [0.15, 0.2) is 5.96 Å². The molecule has 2 aromatic heterocycles. The van der Waals surface area contributed by atoms with Gasteiger partial charge in [-0.1, -0.05) is 23.7 Å². The van der Waals surface area contributed by atoms with E-state index in [0.717, 1.165) is 29.6 Å². The quantitative estimate of drug-likeness (QED) is 0.496. The summed E-state index contributed by atoms with van der Waals surface area (Å²) in [5, 5.41) is 11.8. The van der Waals surface area contributed by atoms with E-state index in [1.807, 2.05) is 65.7 Å². The Kier molecular flexibility index (Phi) is 6.33. The summed E-state index contributed by atoms with van der Waals surface area (Å²) in [6.45, 7) is 2.34.